The number of allylic oxidation sites excluding steroid dienone is 1. The van der Waals surface area contributed by atoms with E-state index >= 15 is 0 Å². The molecule has 0 spiro atoms. The summed E-state index contributed by atoms with van der Waals surface area (Å²) in [5.74, 6) is -0.307. The van der Waals surface area contributed by atoms with Crippen LogP contribution in [0.2, 0.25) is 0 Å². The third-order valence-corrected chi connectivity index (χ3v) is 2.75. The Morgan fingerprint density at radius 3 is 1.78 bits per heavy atom. The number of hydrogen-bond donors (Lipinski definition) is 1. The number of diazo groups is 1. The van der Waals surface area contributed by atoms with Gasteiger partial charge in [0.15, 0.2) is 10.7 Å². The molecule has 1 N–H and O–H groups in total. The molecule has 88 valence electrons. The highest BCUT2D eigenvalue weighted by Gasteiger charge is 2.21. The van der Waals surface area contributed by atoms with Crippen molar-refractivity contribution in [3.8, 4) is 0 Å². The maximum absolute atomic E-state index is 10.0. The fourth-order valence-corrected chi connectivity index (χ4v) is 1.96. The van der Waals surface area contributed by atoms with Crippen LogP contribution in [-0.4, -0.2) is 5.11 Å². The Morgan fingerprint density at radius 1 is 0.944 bits per heavy atom. The summed E-state index contributed by atoms with van der Waals surface area (Å²) in [6.07, 6.45) is 1.06. The smallest absolute Gasteiger partial charge is 0.388 e. The molecule has 3 nitrogen and oxygen atoms in total. The molecule has 0 aliphatic carbocycles. The molecule has 0 radical (unpaired) electrons. The van der Waals surface area contributed by atoms with Crippen molar-refractivity contribution in [3.05, 3.63) is 88.7 Å². The molecule has 0 unspecified atom stereocenters. The Hall–Kier alpha value is -2.60. The van der Waals surface area contributed by atoms with Gasteiger partial charge in [-0.15, -0.1) is 0 Å². The van der Waals surface area contributed by atoms with Crippen molar-refractivity contribution in [2.75, 3.05) is 0 Å². The van der Waals surface area contributed by atoms with Gasteiger partial charge in [-0.1, -0.05) is 60.7 Å². The third kappa shape index (κ3) is 2.55. The summed E-state index contributed by atoms with van der Waals surface area (Å²) in [7, 11) is 0. The van der Waals surface area contributed by atoms with Gasteiger partial charge in [-0.25, -0.2) is 0 Å². The van der Waals surface area contributed by atoms with E-state index in [-0.39, 0.29) is 11.7 Å². The van der Waals surface area contributed by atoms with Gasteiger partial charge < -0.3 is 5.11 Å². The molecule has 0 saturated carbocycles. The van der Waals surface area contributed by atoms with E-state index in [4.69, 9.17) is 5.39 Å². The highest BCUT2D eigenvalue weighted by molar-refractivity contribution is 5.38. The number of aliphatic hydroxyl groups excluding tert-OH is 1. The Morgan fingerprint density at radius 2 is 1.39 bits per heavy atom. The lowest BCUT2D eigenvalue weighted by molar-refractivity contribution is 0.382. The molecule has 18 heavy (non-hydrogen) atoms. The number of rotatable bonds is 3. The molecular formula is C15H13N2O+. The van der Waals surface area contributed by atoms with Crippen molar-refractivity contribution in [3.63, 3.8) is 0 Å². The first kappa shape index (κ1) is 11.9. The van der Waals surface area contributed by atoms with Crippen molar-refractivity contribution in [1.29, 1.82) is 5.39 Å². The van der Waals surface area contributed by atoms with Gasteiger partial charge in [0.05, 0.1) is 5.92 Å². The summed E-state index contributed by atoms with van der Waals surface area (Å²) in [4.78, 5) is 2.90. The molecule has 0 aliphatic heterocycles. The minimum Gasteiger partial charge on any atom is -0.505 e. The van der Waals surface area contributed by atoms with E-state index in [2.05, 4.69) is 4.98 Å². The first-order valence-corrected chi connectivity index (χ1v) is 5.66. The first-order chi connectivity index (χ1) is 8.83. The van der Waals surface area contributed by atoms with E-state index < -0.39 is 0 Å². The highest BCUT2D eigenvalue weighted by Crippen LogP contribution is 2.30. The summed E-state index contributed by atoms with van der Waals surface area (Å²) in [5, 5.41) is 18.6. The van der Waals surface area contributed by atoms with Gasteiger partial charge in [0.25, 0.3) is 0 Å². The average molecular weight is 237 g/mol. The van der Waals surface area contributed by atoms with Crippen LogP contribution in [-0.2, 0) is 0 Å². The maximum atomic E-state index is 10.0. The fraction of sp³-hybridized carbons (Fsp3) is 0.0667. The van der Waals surface area contributed by atoms with Crippen LogP contribution >= 0.6 is 0 Å². The van der Waals surface area contributed by atoms with Crippen LogP contribution in [0, 0.1) is 5.39 Å². The number of hydrogen-bond acceptors (Lipinski definition) is 2. The lowest BCUT2D eigenvalue weighted by Crippen LogP contribution is -2.04. The van der Waals surface area contributed by atoms with E-state index in [0.717, 1.165) is 17.3 Å². The zero-order chi connectivity index (χ0) is 12.8. The summed E-state index contributed by atoms with van der Waals surface area (Å²) in [5.41, 5.74) is 1.89. The summed E-state index contributed by atoms with van der Waals surface area (Å²) < 4.78 is 0. The topological polar surface area (TPSA) is 48.4 Å². The molecule has 0 atom stereocenters. The van der Waals surface area contributed by atoms with Crippen molar-refractivity contribution in [2.45, 2.75) is 5.92 Å². The van der Waals surface area contributed by atoms with Crippen molar-refractivity contribution < 1.29 is 5.11 Å². The number of nitrogens with zero attached hydrogens (tertiary/aromatic N) is 2. The van der Waals surface area contributed by atoms with Crippen LogP contribution in [0.15, 0.2) is 72.6 Å². The first-order valence-electron chi connectivity index (χ1n) is 5.66. The standard InChI is InChI=1S/C15H12N2O/c16-17-11-14(18)15(12-7-3-1-4-8-12)13-9-5-2-6-10-13/h1-11,15H/p+1. The van der Waals surface area contributed by atoms with Gasteiger partial charge in [-0.3, -0.25) is 0 Å². The zero-order valence-corrected chi connectivity index (χ0v) is 9.77. The minimum absolute atomic E-state index is 0.00917. The Balaban J connectivity index is 2.49. The molecule has 0 aromatic heterocycles. The normalized spacial score (nSPS) is 11.2. The third-order valence-electron chi connectivity index (χ3n) is 2.75. The van der Waals surface area contributed by atoms with E-state index in [9.17, 15) is 5.11 Å². The fourth-order valence-electron chi connectivity index (χ4n) is 1.96. The van der Waals surface area contributed by atoms with Crippen molar-refractivity contribution in [2.24, 2.45) is 0 Å². The van der Waals surface area contributed by atoms with Gasteiger partial charge in [-0.05, 0) is 11.1 Å². The monoisotopic (exact) mass is 237 g/mol. The molecular weight excluding hydrogens is 224 g/mol. The van der Waals surface area contributed by atoms with E-state index in [0.29, 0.717) is 0 Å². The predicted octanol–water partition coefficient (Wildman–Crippen LogP) is 4.07. The molecule has 2 aromatic rings. The quantitative estimate of drug-likeness (QED) is 0.646. The molecule has 2 aromatic carbocycles. The van der Waals surface area contributed by atoms with Crippen LogP contribution < -0.4 is 0 Å². The van der Waals surface area contributed by atoms with E-state index in [1.807, 2.05) is 60.7 Å². The number of aliphatic hydroxyl groups is 1. The molecule has 2 rings (SSSR count). The maximum Gasteiger partial charge on any atom is 0.388 e. The molecule has 0 bridgehead atoms. The zero-order valence-electron chi connectivity index (χ0n) is 9.77. The van der Waals surface area contributed by atoms with Crippen molar-refractivity contribution in [1.82, 2.24) is 0 Å². The largest absolute Gasteiger partial charge is 0.505 e. The molecule has 0 fully saturated rings. The van der Waals surface area contributed by atoms with Gasteiger partial charge in [0.2, 0.25) is 5.39 Å². The predicted molar refractivity (Wildman–Crippen MR) is 70.5 cm³/mol. The average Bonchev–Trinajstić information content (AvgIpc) is 2.42. The molecule has 0 amide bonds. The van der Waals surface area contributed by atoms with Crippen LogP contribution in [0.4, 0.5) is 0 Å². The van der Waals surface area contributed by atoms with Gasteiger partial charge in [0.1, 0.15) is 0 Å². The lowest BCUT2D eigenvalue weighted by Gasteiger charge is -2.14. The van der Waals surface area contributed by atoms with E-state index in [1.54, 1.807) is 0 Å². The second kappa shape index (κ2) is 5.65. The van der Waals surface area contributed by atoms with Gasteiger partial charge in [-0.2, -0.15) is 0 Å². The summed E-state index contributed by atoms with van der Waals surface area (Å²) in [6.45, 7) is 0. The Bertz CT molecular complexity index is 531. The molecule has 0 saturated heterocycles. The van der Waals surface area contributed by atoms with Gasteiger partial charge >= 0.3 is 6.20 Å². The molecule has 0 aliphatic rings. The summed E-state index contributed by atoms with van der Waals surface area (Å²) >= 11 is 0. The summed E-state index contributed by atoms with van der Waals surface area (Å²) in [6, 6.07) is 19.2. The van der Waals surface area contributed by atoms with E-state index in [1.165, 1.54) is 0 Å². The second-order valence-corrected chi connectivity index (χ2v) is 3.92. The number of benzene rings is 2. The van der Waals surface area contributed by atoms with Crippen molar-refractivity contribution >= 4 is 0 Å². The SMILES string of the molecule is N#[N+]C=C(O)C(c1ccccc1)c1ccccc1. The van der Waals surface area contributed by atoms with Crippen LogP contribution in [0.25, 0.3) is 4.98 Å². The van der Waals surface area contributed by atoms with Crippen LogP contribution in [0.5, 0.6) is 0 Å². The Kier molecular flexibility index (Phi) is 3.72. The molecule has 3 heteroatoms. The lowest BCUT2D eigenvalue weighted by atomic mass is 9.90. The van der Waals surface area contributed by atoms with Crippen LogP contribution in [0.3, 0.4) is 0 Å². The highest BCUT2D eigenvalue weighted by atomic mass is 16.3. The second-order valence-electron chi connectivity index (χ2n) is 3.92. The molecule has 0 heterocycles. The van der Waals surface area contributed by atoms with Gasteiger partial charge in [0, 0.05) is 0 Å². The van der Waals surface area contributed by atoms with Crippen LogP contribution in [0.1, 0.15) is 17.0 Å². The minimum atomic E-state index is -0.316. The Labute approximate surface area is 106 Å².